The Labute approximate surface area is 102 Å². The van der Waals surface area contributed by atoms with E-state index in [0.29, 0.717) is 5.69 Å². The number of H-pyrrole nitrogens is 1. The third-order valence-corrected chi connectivity index (χ3v) is 2.22. The van der Waals surface area contributed by atoms with Crippen molar-refractivity contribution >= 4 is 5.97 Å². The summed E-state index contributed by atoms with van der Waals surface area (Å²) in [6.45, 7) is 2.19. The average molecular weight is 248 g/mol. The molecule has 0 aromatic carbocycles. The van der Waals surface area contributed by atoms with Crippen LogP contribution in [0.15, 0.2) is 29.5 Å². The molecule has 2 rings (SSSR count). The number of aromatic amines is 1. The van der Waals surface area contributed by atoms with Gasteiger partial charge < -0.3 is 4.74 Å². The lowest BCUT2D eigenvalue weighted by atomic mass is 10.4. The Bertz CT molecular complexity index is 588. The number of aromatic nitrogens is 4. The highest BCUT2D eigenvalue weighted by molar-refractivity contribution is 5.86. The highest BCUT2D eigenvalue weighted by Crippen LogP contribution is 1.97. The minimum absolute atomic E-state index is 0.130. The minimum Gasteiger partial charge on any atom is -0.461 e. The predicted octanol–water partition coefficient (Wildman–Crippen LogP) is 0.191. The number of hydrogen-bond donors (Lipinski definition) is 1. The monoisotopic (exact) mass is 248 g/mol. The van der Waals surface area contributed by atoms with Gasteiger partial charge in [-0.05, 0) is 6.92 Å². The Kier molecular flexibility index (Phi) is 3.52. The van der Waals surface area contributed by atoms with Gasteiger partial charge >= 0.3 is 5.97 Å². The summed E-state index contributed by atoms with van der Waals surface area (Å²) in [7, 11) is 0. The first-order valence-electron chi connectivity index (χ1n) is 5.42. The lowest BCUT2D eigenvalue weighted by Gasteiger charge is -2.01. The van der Waals surface area contributed by atoms with E-state index in [-0.39, 0.29) is 24.4 Å². The second-order valence-electron chi connectivity index (χ2n) is 3.51. The highest BCUT2D eigenvalue weighted by Gasteiger charge is 2.12. The van der Waals surface area contributed by atoms with Gasteiger partial charge in [0.15, 0.2) is 0 Å². The van der Waals surface area contributed by atoms with Crippen LogP contribution in [0.25, 0.3) is 0 Å². The van der Waals surface area contributed by atoms with Gasteiger partial charge in [-0.1, -0.05) is 0 Å². The summed E-state index contributed by atoms with van der Waals surface area (Å²) < 4.78 is 6.07. The summed E-state index contributed by atoms with van der Waals surface area (Å²) >= 11 is 0. The molecule has 0 fully saturated rings. The molecule has 1 N–H and O–H groups in total. The molecule has 94 valence electrons. The lowest BCUT2D eigenvalue weighted by molar-refractivity contribution is 0.0518. The molecule has 2 heterocycles. The van der Waals surface area contributed by atoms with Gasteiger partial charge in [-0.2, -0.15) is 0 Å². The Morgan fingerprint density at radius 3 is 3.00 bits per heavy atom. The first kappa shape index (κ1) is 12.0. The summed E-state index contributed by atoms with van der Waals surface area (Å²) in [6, 6.07) is 1.20. The van der Waals surface area contributed by atoms with Crippen LogP contribution in [0.3, 0.4) is 0 Å². The van der Waals surface area contributed by atoms with E-state index >= 15 is 0 Å². The van der Waals surface area contributed by atoms with Crippen molar-refractivity contribution in [3.63, 3.8) is 0 Å². The number of rotatable bonds is 4. The summed E-state index contributed by atoms with van der Waals surface area (Å²) in [5.41, 5.74) is 0.436. The number of ether oxygens (including phenoxy) is 1. The van der Waals surface area contributed by atoms with Crippen LogP contribution in [-0.2, 0) is 11.3 Å². The van der Waals surface area contributed by atoms with E-state index < -0.39 is 5.97 Å². The number of carbonyl (C=O) groups excluding carboxylic acids is 1. The molecule has 7 nitrogen and oxygen atoms in total. The van der Waals surface area contributed by atoms with E-state index in [1.807, 2.05) is 0 Å². The van der Waals surface area contributed by atoms with Crippen molar-refractivity contribution in [3.8, 4) is 0 Å². The number of hydrogen-bond acceptors (Lipinski definition) is 5. The largest absolute Gasteiger partial charge is 0.461 e. The molecule has 2 aromatic heterocycles. The third-order valence-electron chi connectivity index (χ3n) is 2.22. The van der Waals surface area contributed by atoms with Gasteiger partial charge in [-0.3, -0.25) is 19.9 Å². The van der Waals surface area contributed by atoms with Crippen molar-refractivity contribution in [1.82, 2.24) is 19.7 Å². The fourth-order valence-electron chi connectivity index (χ4n) is 1.44. The molecule has 0 amide bonds. The Morgan fingerprint density at radius 2 is 2.33 bits per heavy atom. The molecule has 0 aliphatic rings. The summed E-state index contributed by atoms with van der Waals surface area (Å²) in [5, 5.41) is 2.68. The van der Waals surface area contributed by atoms with E-state index in [1.54, 1.807) is 19.3 Å². The molecule has 0 radical (unpaired) electrons. The molecular formula is C11H12N4O3. The molecule has 0 bridgehead atoms. The van der Waals surface area contributed by atoms with Crippen molar-refractivity contribution < 1.29 is 9.53 Å². The number of nitrogens with zero attached hydrogens (tertiary/aromatic N) is 3. The second-order valence-corrected chi connectivity index (χ2v) is 3.51. The minimum atomic E-state index is -0.549. The molecule has 0 saturated carbocycles. The standard InChI is InChI=1S/C11H12N4O3/c1-2-18-11(17)9-5-10(16)15(14-9)7-8-6-12-3-4-13-8/h3-6,14H,2,7H2,1H3. The lowest BCUT2D eigenvalue weighted by Crippen LogP contribution is -2.17. The maximum Gasteiger partial charge on any atom is 0.356 e. The van der Waals surface area contributed by atoms with Crippen LogP contribution in [-0.4, -0.2) is 32.3 Å². The van der Waals surface area contributed by atoms with Crippen LogP contribution in [0.4, 0.5) is 0 Å². The van der Waals surface area contributed by atoms with E-state index in [9.17, 15) is 9.59 Å². The van der Waals surface area contributed by atoms with Gasteiger partial charge in [0.2, 0.25) is 0 Å². The van der Waals surface area contributed by atoms with Crippen molar-refractivity contribution in [3.05, 3.63) is 46.4 Å². The van der Waals surface area contributed by atoms with Crippen molar-refractivity contribution in [1.29, 1.82) is 0 Å². The maximum atomic E-state index is 11.6. The van der Waals surface area contributed by atoms with Crippen molar-refractivity contribution in [2.75, 3.05) is 6.61 Å². The molecule has 0 aliphatic heterocycles. The van der Waals surface area contributed by atoms with E-state index in [1.165, 1.54) is 16.9 Å². The van der Waals surface area contributed by atoms with Crippen molar-refractivity contribution in [2.24, 2.45) is 0 Å². The van der Waals surface area contributed by atoms with Crippen LogP contribution in [0.2, 0.25) is 0 Å². The van der Waals surface area contributed by atoms with Gasteiger partial charge in [0.25, 0.3) is 5.56 Å². The highest BCUT2D eigenvalue weighted by atomic mass is 16.5. The smallest absolute Gasteiger partial charge is 0.356 e. The SMILES string of the molecule is CCOC(=O)c1cc(=O)n(Cc2cnccn2)[nH]1. The molecule has 0 spiro atoms. The molecule has 0 aliphatic carbocycles. The molecule has 0 unspecified atom stereocenters. The third kappa shape index (κ3) is 2.62. The summed E-state index contributed by atoms with van der Waals surface area (Å²) in [4.78, 5) is 31.0. The van der Waals surface area contributed by atoms with Gasteiger partial charge in [-0.25, -0.2) is 9.48 Å². The van der Waals surface area contributed by atoms with Gasteiger partial charge in [0, 0.05) is 18.5 Å². The number of nitrogens with one attached hydrogen (secondary N) is 1. The van der Waals surface area contributed by atoms with Crippen LogP contribution < -0.4 is 5.56 Å². The van der Waals surface area contributed by atoms with Crippen LogP contribution in [0, 0.1) is 0 Å². The van der Waals surface area contributed by atoms with Gasteiger partial charge in [0.1, 0.15) is 5.69 Å². The Hall–Kier alpha value is -2.44. The fraction of sp³-hybridized carbons (Fsp3) is 0.273. The fourth-order valence-corrected chi connectivity index (χ4v) is 1.44. The van der Waals surface area contributed by atoms with Crippen LogP contribution >= 0.6 is 0 Å². The summed E-state index contributed by atoms with van der Waals surface area (Å²) in [5.74, 6) is -0.549. The first-order chi connectivity index (χ1) is 8.70. The predicted molar refractivity (Wildman–Crippen MR) is 62.1 cm³/mol. The Morgan fingerprint density at radius 1 is 1.50 bits per heavy atom. The summed E-state index contributed by atoms with van der Waals surface area (Å²) in [6.07, 6.45) is 4.64. The van der Waals surface area contributed by atoms with E-state index in [2.05, 4.69) is 15.1 Å². The quantitative estimate of drug-likeness (QED) is 0.780. The average Bonchev–Trinajstić information content (AvgIpc) is 2.73. The van der Waals surface area contributed by atoms with E-state index in [0.717, 1.165) is 0 Å². The number of carbonyl (C=O) groups is 1. The topological polar surface area (TPSA) is 89.9 Å². The second kappa shape index (κ2) is 5.26. The van der Waals surface area contributed by atoms with Crippen LogP contribution in [0.5, 0.6) is 0 Å². The molecular weight excluding hydrogens is 236 g/mol. The number of esters is 1. The van der Waals surface area contributed by atoms with Crippen LogP contribution in [0.1, 0.15) is 23.1 Å². The van der Waals surface area contributed by atoms with Gasteiger partial charge in [-0.15, -0.1) is 0 Å². The normalized spacial score (nSPS) is 10.3. The first-order valence-corrected chi connectivity index (χ1v) is 5.42. The Balaban J connectivity index is 2.20. The van der Waals surface area contributed by atoms with Crippen molar-refractivity contribution in [2.45, 2.75) is 13.5 Å². The zero-order valence-electron chi connectivity index (χ0n) is 9.79. The molecule has 0 saturated heterocycles. The molecule has 2 aromatic rings. The zero-order valence-corrected chi connectivity index (χ0v) is 9.79. The van der Waals surface area contributed by atoms with E-state index in [4.69, 9.17) is 4.74 Å². The maximum absolute atomic E-state index is 11.6. The zero-order chi connectivity index (χ0) is 13.0. The molecule has 18 heavy (non-hydrogen) atoms. The molecule has 7 heteroatoms. The molecule has 0 atom stereocenters. The van der Waals surface area contributed by atoms with Gasteiger partial charge in [0.05, 0.1) is 25.0 Å².